The number of carbonyl (C=O) groups is 1. The number of hydrogen-bond acceptors (Lipinski definition) is 8. The highest BCUT2D eigenvalue weighted by atomic mass is 16.6. The van der Waals surface area contributed by atoms with Gasteiger partial charge >= 0.3 is 5.69 Å². The fourth-order valence-corrected chi connectivity index (χ4v) is 3.90. The van der Waals surface area contributed by atoms with Gasteiger partial charge < -0.3 is 23.9 Å². The number of likely N-dealkylation sites (tertiary alicyclic amines) is 1. The molecule has 1 fully saturated rings. The van der Waals surface area contributed by atoms with Crippen molar-refractivity contribution < 1.29 is 28.3 Å². The number of nitro groups is 1. The van der Waals surface area contributed by atoms with E-state index >= 15 is 0 Å². The van der Waals surface area contributed by atoms with Gasteiger partial charge in [0.25, 0.3) is 5.91 Å². The first-order valence-electron chi connectivity index (χ1n) is 10.0. The first kappa shape index (κ1) is 22.4. The monoisotopic (exact) mass is 433 g/mol. The third-order valence-corrected chi connectivity index (χ3v) is 5.39. The van der Waals surface area contributed by atoms with Crippen molar-refractivity contribution in [3.8, 4) is 17.2 Å². The number of nitro benzene ring substituents is 1. The van der Waals surface area contributed by atoms with Gasteiger partial charge in [-0.05, 0) is 38.1 Å². The number of ether oxygens (including phenoxy) is 3. The number of amides is 1. The zero-order chi connectivity index (χ0) is 22.4. The minimum atomic E-state index is -0.662. The Bertz CT molecular complexity index is 908. The molecule has 0 bridgehead atoms. The molecule has 0 spiro atoms. The molecule has 3 rings (SSSR count). The Morgan fingerprint density at radius 2 is 1.90 bits per heavy atom. The maximum Gasteiger partial charge on any atom is 0.327 e. The van der Waals surface area contributed by atoms with Crippen LogP contribution in [0.15, 0.2) is 28.9 Å². The van der Waals surface area contributed by atoms with Gasteiger partial charge in [0.1, 0.15) is 11.3 Å². The van der Waals surface area contributed by atoms with Gasteiger partial charge in [-0.2, -0.15) is 0 Å². The Labute approximate surface area is 180 Å². The number of carbonyl (C=O) groups excluding carboxylic acids is 1. The lowest BCUT2D eigenvalue weighted by Gasteiger charge is -2.33. The number of benzene rings is 1. The van der Waals surface area contributed by atoms with E-state index in [2.05, 4.69) is 10.2 Å². The molecule has 1 saturated heterocycles. The lowest BCUT2D eigenvalue weighted by atomic mass is 10.1. The van der Waals surface area contributed by atoms with Crippen molar-refractivity contribution >= 4 is 11.6 Å². The van der Waals surface area contributed by atoms with Gasteiger partial charge in [0, 0.05) is 12.6 Å². The number of hydrogen-bond donors (Lipinski definition) is 1. The summed E-state index contributed by atoms with van der Waals surface area (Å²) < 4.78 is 21.2. The van der Waals surface area contributed by atoms with Crippen LogP contribution >= 0.6 is 0 Å². The molecule has 1 amide bonds. The van der Waals surface area contributed by atoms with Gasteiger partial charge in [-0.25, -0.2) is 0 Å². The second kappa shape index (κ2) is 10.2. The van der Waals surface area contributed by atoms with E-state index in [4.69, 9.17) is 18.6 Å². The SMILES string of the molecule is COc1cc(C(=O)NCC(c2ccco2)N2CCCCC2)c([N+](=O)[O-])c(OC)c1OC. The van der Waals surface area contributed by atoms with Gasteiger partial charge in [-0.15, -0.1) is 0 Å². The van der Waals surface area contributed by atoms with Gasteiger partial charge in [-0.3, -0.25) is 19.8 Å². The summed E-state index contributed by atoms with van der Waals surface area (Å²) in [7, 11) is 4.00. The minimum absolute atomic E-state index is 0.0510. The summed E-state index contributed by atoms with van der Waals surface area (Å²) >= 11 is 0. The highest BCUT2D eigenvalue weighted by Crippen LogP contribution is 2.46. The van der Waals surface area contributed by atoms with E-state index in [0.29, 0.717) is 0 Å². The fourth-order valence-electron chi connectivity index (χ4n) is 3.90. The lowest BCUT2D eigenvalue weighted by molar-refractivity contribution is -0.386. The number of nitrogens with zero attached hydrogens (tertiary/aromatic N) is 2. The minimum Gasteiger partial charge on any atom is -0.493 e. The van der Waals surface area contributed by atoms with Crippen LogP contribution in [0.25, 0.3) is 0 Å². The molecule has 0 saturated carbocycles. The van der Waals surface area contributed by atoms with Crippen molar-refractivity contribution in [1.82, 2.24) is 10.2 Å². The molecule has 1 aliphatic rings. The third-order valence-electron chi connectivity index (χ3n) is 5.39. The number of nitrogens with one attached hydrogen (secondary N) is 1. The van der Waals surface area contributed by atoms with Gasteiger partial charge in [0.2, 0.25) is 11.5 Å². The molecule has 168 valence electrons. The molecule has 0 aliphatic carbocycles. The molecule has 31 heavy (non-hydrogen) atoms. The van der Waals surface area contributed by atoms with Crippen molar-refractivity contribution in [3.05, 3.63) is 45.9 Å². The van der Waals surface area contributed by atoms with Crippen LogP contribution in [0, 0.1) is 10.1 Å². The van der Waals surface area contributed by atoms with Crippen LogP contribution in [-0.2, 0) is 0 Å². The molecular weight excluding hydrogens is 406 g/mol. The molecule has 1 N–H and O–H groups in total. The largest absolute Gasteiger partial charge is 0.493 e. The van der Waals surface area contributed by atoms with Gasteiger partial charge in [-0.1, -0.05) is 6.42 Å². The van der Waals surface area contributed by atoms with Crippen LogP contribution < -0.4 is 19.5 Å². The average Bonchev–Trinajstić information content (AvgIpc) is 3.32. The Morgan fingerprint density at radius 3 is 2.45 bits per heavy atom. The first-order valence-corrected chi connectivity index (χ1v) is 10.0. The summed E-state index contributed by atoms with van der Waals surface area (Å²) in [6.45, 7) is 2.03. The summed E-state index contributed by atoms with van der Waals surface area (Å²) in [6, 6.07) is 4.80. The van der Waals surface area contributed by atoms with E-state index < -0.39 is 16.5 Å². The van der Waals surface area contributed by atoms with Crippen molar-refractivity contribution in [2.75, 3.05) is 41.0 Å². The van der Waals surface area contributed by atoms with Crippen molar-refractivity contribution in [1.29, 1.82) is 0 Å². The van der Waals surface area contributed by atoms with Crippen molar-refractivity contribution in [2.24, 2.45) is 0 Å². The van der Waals surface area contributed by atoms with E-state index in [1.54, 1.807) is 12.3 Å². The Balaban J connectivity index is 1.90. The predicted molar refractivity (Wildman–Crippen MR) is 112 cm³/mol. The quantitative estimate of drug-likeness (QED) is 0.473. The summed E-state index contributed by atoms with van der Waals surface area (Å²) in [5, 5.41) is 14.6. The molecule has 2 heterocycles. The fraction of sp³-hybridized carbons (Fsp3) is 0.476. The standard InChI is InChI=1S/C21H27N3O7/c1-28-17-12-14(18(24(26)27)20(30-3)19(17)29-2)21(25)22-13-15(16-8-7-11-31-16)23-9-5-4-6-10-23/h7-8,11-12,15H,4-6,9-10,13H2,1-3H3,(H,22,25). The normalized spacial score (nSPS) is 15.2. The number of piperidine rings is 1. The summed E-state index contributed by atoms with van der Waals surface area (Å²) in [4.78, 5) is 26.4. The highest BCUT2D eigenvalue weighted by Gasteiger charge is 2.33. The second-order valence-electron chi connectivity index (χ2n) is 7.14. The second-order valence-corrected chi connectivity index (χ2v) is 7.14. The number of rotatable bonds is 9. The molecule has 2 aromatic rings. The zero-order valence-electron chi connectivity index (χ0n) is 17.9. The zero-order valence-corrected chi connectivity index (χ0v) is 17.9. The van der Waals surface area contributed by atoms with E-state index in [-0.39, 0.29) is 35.4 Å². The van der Waals surface area contributed by atoms with Gasteiger partial charge in [0.15, 0.2) is 5.75 Å². The molecule has 1 aromatic heterocycles. The number of methoxy groups -OCH3 is 3. The van der Waals surface area contributed by atoms with E-state index in [1.165, 1.54) is 33.8 Å². The van der Waals surface area contributed by atoms with E-state index in [1.807, 2.05) is 6.07 Å². The van der Waals surface area contributed by atoms with Crippen LogP contribution in [0.2, 0.25) is 0 Å². The van der Waals surface area contributed by atoms with Crippen LogP contribution in [0.5, 0.6) is 17.2 Å². The maximum atomic E-state index is 13.0. The summed E-state index contributed by atoms with van der Waals surface area (Å²) in [6.07, 6.45) is 4.91. The summed E-state index contributed by atoms with van der Waals surface area (Å²) in [5.41, 5.74) is -0.651. The van der Waals surface area contributed by atoms with E-state index in [9.17, 15) is 14.9 Å². The molecule has 10 nitrogen and oxygen atoms in total. The van der Waals surface area contributed by atoms with Crippen LogP contribution in [0.1, 0.15) is 41.4 Å². The lowest BCUT2D eigenvalue weighted by Crippen LogP contribution is -2.40. The first-order chi connectivity index (χ1) is 15.0. The Morgan fingerprint density at radius 1 is 1.19 bits per heavy atom. The Kier molecular flexibility index (Phi) is 7.35. The van der Waals surface area contributed by atoms with Gasteiger partial charge in [0.05, 0.1) is 38.6 Å². The number of furan rings is 1. The third kappa shape index (κ3) is 4.74. The molecule has 10 heteroatoms. The van der Waals surface area contributed by atoms with Crippen LogP contribution in [-0.4, -0.2) is 56.7 Å². The smallest absolute Gasteiger partial charge is 0.327 e. The molecule has 1 unspecified atom stereocenters. The topological polar surface area (TPSA) is 116 Å². The molecule has 1 aromatic carbocycles. The van der Waals surface area contributed by atoms with E-state index in [0.717, 1.165) is 31.7 Å². The molecule has 0 radical (unpaired) electrons. The molecule has 1 aliphatic heterocycles. The average molecular weight is 433 g/mol. The van der Waals surface area contributed by atoms with Crippen LogP contribution in [0.3, 0.4) is 0 Å². The van der Waals surface area contributed by atoms with Crippen molar-refractivity contribution in [3.63, 3.8) is 0 Å². The highest BCUT2D eigenvalue weighted by molar-refractivity contribution is 6.00. The Hall–Kier alpha value is -3.27. The molecular formula is C21H27N3O7. The maximum absolute atomic E-state index is 13.0. The predicted octanol–water partition coefficient (Wildman–Crippen LogP) is 3.17. The molecule has 1 atom stereocenters. The van der Waals surface area contributed by atoms with Crippen LogP contribution in [0.4, 0.5) is 5.69 Å². The van der Waals surface area contributed by atoms with Crippen molar-refractivity contribution in [2.45, 2.75) is 25.3 Å². The summed E-state index contributed by atoms with van der Waals surface area (Å²) in [5.74, 6) is 0.167.